The van der Waals surface area contributed by atoms with Gasteiger partial charge in [-0.2, -0.15) is 0 Å². The standard InChI is InChI=1S/C14H14BrN3O/c1-18(2)14(19)10-5-3-9(4-6-10)12-7-11(15)8-17-13(12)16/h3-8H,1-2H3,(H2,16,17). The molecular weight excluding hydrogens is 306 g/mol. The average molecular weight is 320 g/mol. The quantitative estimate of drug-likeness (QED) is 0.926. The third-order valence-electron chi connectivity index (χ3n) is 2.73. The lowest BCUT2D eigenvalue weighted by Gasteiger charge is -2.11. The highest BCUT2D eigenvalue weighted by molar-refractivity contribution is 9.10. The lowest BCUT2D eigenvalue weighted by atomic mass is 10.0. The predicted octanol–water partition coefficient (Wildman–Crippen LogP) is 2.80. The Morgan fingerprint density at radius 1 is 1.26 bits per heavy atom. The van der Waals surface area contributed by atoms with Gasteiger partial charge in [-0.25, -0.2) is 4.98 Å². The molecule has 1 amide bonds. The molecule has 0 saturated heterocycles. The molecule has 0 radical (unpaired) electrons. The maximum atomic E-state index is 11.8. The van der Waals surface area contributed by atoms with Gasteiger partial charge >= 0.3 is 0 Å². The molecule has 0 unspecified atom stereocenters. The molecule has 1 aromatic carbocycles. The number of anilines is 1. The van der Waals surface area contributed by atoms with E-state index < -0.39 is 0 Å². The number of nitrogen functional groups attached to an aromatic ring is 1. The van der Waals surface area contributed by atoms with Gasteiger partial charge in [0, 0.05) is 35.9 Å². The van der Waals surface area contributed by atoms with Crippen LogP contribution in [0.25, 0.3) is 11.1 Å². The maximum Gasteiger partial charge on any atom is 0.253 e. The van der Waals surface area contributed by atoms with E-state index in [0.717, 1.165) is 15.6 Å². The first-order chi connectivity index (χ1) is 8.99. The Bertz CT molecular complexity index is 609. The number of amides is 1. The minimum absolute atomic E-state index is 0.0214. The number of pyridine rings is 1. The summed E-state index contributed by atoms with van der Waals surface area (Å²) in [6, 6.07) is 9.23. The summed E-state index contributed by atoms with van der Waals surface area (Å²) in [5, 5.41) is 0. The predicted molar refractivity (Wildman–Crippen MR) is 79.8 cm³/mol. The number of aromatic nitrogens is 1. The molecule has 2 rings (SSSR count). The molecule has 4 nitrogen and oxygen atoms in total. The number of hydrogen-bond acceptors (Lipinski definition) is 3. The zero-order valence-electron chi connectivity index (χ0n) is 10.7. The van der Waals surface area contributed by atoms with E-state index >= 15 is 0 Å². The second-order valence-electron chi connectivity index (χ2n) is 4.36. The number of carbonyl (C=O) groups is 1. The first-order valence-corrected chi connectivity index (χ1v) is 6.51. The van der Waals surface area contributed by atoms with Crippen LogP contribution in [0.2, 0.25) is 0 Å². The molecule has 2 aromatic rings. The molecule has 0 spiro atoms. The molecule has 0 bridgehead atoms. The lowest BCUT2D eigenvalue weighted by molar-refractivity contribution is 0.0827. The zero-order valence-corrected chi connectivity index (χ0v) is 12.3. The number of nitrogens with two attached hydrogens (primary N) is 1. The van der Waals surface area contributed by atoms with Gasteiger partial charge in [0.05, 0.1) is 0 Å². The Morgan fingerprint density at radius 2 is 1.89 bits per heavy atom. The number of rotatable bonds is 2. The van der Waals surface area contributed by atoms with Gasteiger partial charge in [0.2, 0.25) is 0 Å². The van der Waals surface area contributed by atoms with Crippen molar-refractivity contribution >= 4 is 27.7 Å². The number of benzene rings is 1. The maximum absolute atomic E-state index is 11.8. The molecule has 0 atom stereocenters. The molecule has 0 saturated carbocycles. The van der Waals surface area contributed by atoms with Crippen LogP contribution in [0, 0.1) is 0 Å². The van der Waals surface area contributed by atoms with E-state index in [1.807, 2.05) is 18.2 Å². The third kappa shape index (κ3) is 2.93. The van der Waals surface area contributed by atoms with Crippen molar-refractivity contribution in [2.24, 2.45) is 0 Å². The van der Waals surface area contributed by atoms with Gasteiger partial charge in [-0.05, 0) is 39.7 Å². The molecular formula is C14H14BrN3O. The van der Waals surface area contributed by atoms with Crippen molar-refractivity contribution in [2.75, 3.05) is 19.8 Å². The minimum Gasteiger partial charge on any atom is -0.383 e. The first kappa shape index (κ1) is 13.5. The average Bonchev–Trinajstić information content (AvgIpc) is 2.41. The van der Waals surface area contributed by atoms with Gasteiger partial charge in [0.15, 0.2) is 0 Å². The van der Waals surface area contributed by atoms with Gasteiger partial charge in [0.25, 0.3) is 5.91 Å². The fourth-order valence-electron chi connectivity index (χ4n) is 1.73. The second kappa shape index (κ2) is 5.40. The zero-order chi connectivity index (χ0) is 14.0. The van der Waals surface area contributed by atoms with Crippen LogP contribution in [-0.2, 0) is 0 Å². The van der Waals surface area contributed by atoms with Crippen molar-refractivity contribution in [3.8, 4) is 11.1 Å². The summed E-state index contributed by atoms with van der Waals surface area (Å²) in [7, 11) is 3.46. The van der Waals surface area contributed by atoms with Crippen LogP contribution in [0.5, 0.6) is 0 Å². The summed E-state index contributed by atoms with van der Waals surface area (Å²) < 4.78 is 0.866. The van der Waals surface area contributed by atoms with Crippen molar-refractivity contribution in [1.82, 2.24) is 9.88 Å². The van der Waals surface area contributed by atoms with Gasteiger partial charge in [-0.3, -0.25) is 4.79 Å². The molecule has 0 fully saturated rings. The lowest BCUT2D eigenvalue weighted by Crippen LogP contribution is -2.21. The minimum atomic E-state index is -0.0214. The molecule has 98 valence electrons. The highest BCUT2D eigenvalue weighted by Crippen LogP contribution is 2.27. The molecule has 2 N–H and O–H groups in total. The summed E-state index contributed by atoms with van der Waals surface area (Å²) in [6.45, 7) is 0. The Kier molecular flexibility index (Phi) is 3.85. The van der Waals surface area contributed by atoms with Crippen molar-refractivity contribution in [3.05, 3.63) is 46.6 Å². The fourth-order valence-corrected chi connectivity index (χ4v) is 2.06. The van der Waals surface area contributed by atoms with Gasteiger partial charge in [0.1, 0.15) is 5.82 Å². The van der Waals surface area contributed by atoms with Crippen LogP contribution in [0.15, 0.2) is 41.0 Å². The Balaban J connectivity index is 2.38. The highest BCUT2D eigenvalue weighted by Gasteiger charge is 2.09. The molecule has 19 heavy (non-hydrogen) atoms. The molecule has 0 aliphatic rings. The summed E-state index contributed by atoms with van der Waals surface area (Å²) >= 11 is 3.37. The normalized spacial score (nSPS) is 10.3. The third-order valence-corrected chi connectivity index (χ3v) is 3.17. The number of hydrogen-bond donors (Lipinski definition) is 1. The summed E-state index contributed by atoms with van der Waals surface area (Å²) in [5.74, 6) is 0.446. The van der Waals surface area contributed by atoms with Crippen molar-refractivity contribution < 1.29 is 4.79 Å². The number of nitrogens with zero attached hydrogens (tertiary/aromatic N) is 2. The smallest absolute Gasteiger partial charge is 0.253 e. The van der Waals surface area contributed by atoms with Gasteiger partial charge in [-0.1, -0.05) is 12.1 Å². The van der Waals surface area contributed by atoms with Crippen LogP contribution < -0.4 is 5.73 Å². The molecule has 0 aliphatic carbocycles. The molecule has 5 heteroatoms. The summed E-state index contributed by atoms with van der Waals surface area (Å²) in [4.78, 5) is 17.4. The SMILES string of the molecule is CN(C)C(=O)c1ccc(-c2cc(Br)cnc2N)cc1. The van der Waals surface area contributed by atoms with E-state index in [2.05, 4.69) is 20.9 Å². The molecule has 1 heterocycles. The largest absolute Gasteiger partial charge is 0.383 e. The summed E-state index contributed by atoms with van der Waals surface area (Å²) in [6.07, 6.45) is 1.66. The summed E-state index contributed by atoms with van der Waals surface area (Å²) in [5.41, 5.74) is 8.29. The van der Waals surface area contributed by atoms with E-state index in [1.54, 1.807) is 37.3 Å². The number of halogens is 1. The van der Waals surface area contributed by atoms with E-state index in [9.17, 15) is 4.79 Å². The Labute approximate surface area is 120 Å². The monoisotopic (exact) mass is 319 g/mol. The molecule has 0 aliphatic heterocycles. The highest BCUT2D eigenvalue weighted by atomic mass is 79.9. The van der Waals surface area contributed by atoms with Gasteiger partial charge in [-0.15, -0.1) is 0 Å². The second-order valence-corrected chi connectivity index (χ2v) is 5.28. The van der Waals surface area contributed by atoms with Crippen LogP contribution in [0.1, 0.15) is 10.4 Å². The van der Waals surface area contributed by atoms with Crippen LogP contribution in [0.4, 0.5) is 5.82 Å². The van der Waals surface area contributed by atoms with Crippen LogP contribution in [0.3, 0.4) is 0 Å². The van der Waals surface area contributed by atoms with E-state index in [1.165, 1.54) is 0 Å². The van der Waals surface area contributed by atoms with Gasteiger partial charge < -0.3 is 10.6 Å². The van der Waals surface area contributed by atoms with Crippen molar-refractivity contribution in [1.29, 1.82) is 0 Å². The van der Waals surface area contributed by atoms with E-state index in [0.29, 0.717) is 11.4 Å². The van der Waals surface area contributed by atoms with E-state index in [-0.39, 0.29) is 5.91 Å². The van der Waals surface area contributed by atoms with Crippen molar-refractivity contribution in [2.45, 2.75) is 0 Å². The Morgan fingerprint density at radius 3 is 2.47 bits per heavy atom. The fraction of sp³-hybridized carbons (Fsp3) is 0.143. The Hall–Kier alpha value is -1.88. The first-order valence-electron chi connectivity index (χ1n) is 5.72. The van der Waals surface area contributed by atoms with E-state index in [4.69, 9.17) is 5.73 Å². The van der Waals surface area contributed by atoms with Crippen molar-refractivity contribution in [3.63, 3.8) is 0 Å². The molecule has 1 aromatic heterocycles. The van der Waals surface area contributed by atoms with Crippen LogP contribution >= 0.6 is 15.9 Å². The number of carbonyl (C=O) groups excluding carboxylic acids is 1. The topological polar surface area (TPSA) is 59.2 Å². The van der Waals surface area contributed by atoms with Crippen LogP contribution in [-0.4, -0.2) is 29.9 Å².